The number of halogens is 1. The molecule has 0 aromatic heterocycles. The summed E-state index contributed by atoms with van der Waals surface area (Å²) in [7, 11) is -4.05. The Labute approximate surface area is 187 Å². The number of hydrogen-bond donors (Lipinski definition) is 1. The lowest BCUT2D eigenvalue weighted by atomic mass is 10.1. The van der Waals surface area contributed by atoms with Gasteiger partial charge in [0.2, 0.25) is 5.78 Å². The topological polar surface area (TPSA) is 66.5 Å². The van der Waals surface area contributed by atoms with Gasteiger partial charge in [0.1, 0.15) is 0 Å². The summed E-state index contributed by atoms with van der Waals surface area (Å²) in [4.78, 5) is 12.8. The second-order valence-electron chi connectivity index (χ2n) is 7.36. The van der Waals surface area contributed by atoms with Crippen LogP contribution in [0.2, 0.25) is 5.02 Å². The first-order chi connectivity index (χ1) is 14.9. The number of hydrogen-bond acceptors (Lipinski definition) is 4. The molecule has 3 aromatic carbocycles. The maximum absolute atomic E-state index is 13.4. The summed E-state index contributed by atoms with van der Waals surface area (Å²) in [6.07, 6.45) is 1.31. The summed E-state index contributed by atoms with van der Waals surface area (Å²) in [6, 6.07) is 21.6. The van der Waals surface area contributed by atoms with E-state index in [0.717, 1.165) is 16.7 Å². The molecule has 0 fully saturated rings. The number of anilines is 1. The normalized spacial score (nSPS) is 16.3. The van der Waals surface area contributed by atoms with Crippen LogP contribution in [0.1, 0.15) is 27.0 Å². The molecule has 1 heterocycles. The van der Waals surface area contributed by atoms with Crippen LogP contribution in [-0.2, 0) is 23.1 Å². The van der Waals surface area contributed by atoms with Crippen LogP contribution in [-0.4, -0.2) is 14.2 Å². The third-order valence-electron chi connectivity index (χ3n) is 5.11. The Hall–Kier alpha value is -3.09. The molecule has 4 rings (SSSR count). The van der Waals surface area contributed by atoms with Crippen LogP contribution in [0.15, 0.2) is 83.9 Å². The molecule has 1 aliphatic heterocycles. The number of benzene rings is 3. The van der Waals surface area contributed by atoms with Gasteiger partial charge in [-0.05, 0) is 42.3 Å². The molecule has 0 saturated carbocycles. The molecule has 0 radical (unpaired) electrons. The second-order valence-corrected chi connectivity index (χ2v) is 9.63. The predicted octanol–water partition coefficient (Wildman–Crippen LogP) is 4.81. The number of fused-ring (bicyclic) bond motifs is 1. The molecule has 0 spiro atoms. The predicted molar refractivity (Wildman–Crippen MR) is 123 cm³/mol. The van der Waals surface area contributed by atoms with Crippen LogP contribution in [0.25, 0.3) is 0 Å². The van der Waals surface area contributed by atoms with E-state index in [-0.39, 0.29) is 11.4 Å². The van der Waals surface area contributed by atoms with Crippen LogP contribution in [0, 0.1) is 6.92 Å². The number of carbonyl (C=O) groups is 1. The van der Waals surface area contributed by atoms with Gasteiger partial charge in [-0.25, -0.2) is 8.42 Å². The number of rotatable bonds is 5. The number of allylic oxidation sites excluding steroid dienone is 1. The van der Waals surface area contributed by atoms with Crippen LogP contribution >= 0.6 is 11.6 Å². The van der Waals surface area contributed by atoms with Crippen molar-refractivity contribution in [1.82, 2.24) is 5.32 Å². The molecule has 1 N–H and O–H groups in total. The highest BCUT2D eigenvalue weighted by Gasteiger charge is 2.39. The summed E-state index contributed by atoms with van der Waals surface area (Å²) in [5.41, 5.74) is 3.63. The number of aryl methyl sites for hydroxylation is 1. The fraction of sp³-hybridized carbons (Fsp3) is 0.125. The largest absolute Gasteiger partial charge is 0.386 e. The van der Waals surface area contributed by atoms with Crippen LogP contribution < -0.4 is 9.62 Å². The standard InChI is InChI=1S/C24H21ClN2O3S/c1-17-6-8-18(9-7-17)14-26-15-23-24(28)21-4-2-3-5-22(21)27(31(23,29)30)16-19-10-12-20(25)13-11-19/h2-13,15,26H,14,16H2,1H3/b23-15+. The van der Waals surface area contributed by atoms with Gasteiger partial charge < -0.3 is 5.32 Å². The van der Waals surface area contributed by atoms with Gasteiger partial charge in [-0.2, -0.15) is 0 Å². The number of Topliss-reactive ketones (excluding diaryl/α,β-unsaturated/α-hetero) is 1. The van der Waals surface area contributed by atoms with E-state index in [1.807, 2.05) is 31.2 Å². The minimum absolute atomic E-state index is 0.0963. The van der Waals surface area contributed by atoms with Gasteiger partial charge >= 0.3 is 0 Å². The van der Waals surface area contributed by atoms with Gasteiger partial charge in [-0.3, -0.25) is 9.10 Å². The van der Waals surface area contributed by atoms with E-state index in [2.05, 4.69) is 5.32 Å². The Morgan fingerprint density at radius 3 is 2.29 bits per heavy atom. The van der Waals surface area contributed by atoms with Crippen molar-refractivity contribution in [3.63, 3.8) is 0 Å². The van der Waals surface area contributed by atoms with Gasteiger partial charge in [0.25, 0.3) is 10.0 Å². The lowest BCUT2D eigenvalue weighted by Gasteiger charge is -2.31. The zero-order chi connectivity index (χ0) is 22.0. The smallest absolute Gasteiger partial charge is 0.270 e. The zero-order valence-corrected chi connectivity index (χ0v) is 18.5. The first kappa shape index (κ1) is 21.2. The number of ketones is 1. The van der Waals surface area contributed by atoms with E-state index >= 15 is 0 Å². The number of sulfonamides is 1. The highest BCUT2D eigenvalue weighted by atomic mass is 35.5. The number of carbonyl (C=O) groups excluding carboxylic acids is 1. The quantitative estimate of drug-likeness (QED) is 0.564. The zero-order valence-electron chi connectivity index (χ0n) is 16.9. The molecule has 1 aliphatic rings. The van der Waals surface area contributed by atoms with Crippen molar-refractivity contribution in [2.24, 2.45) is 0 Å². The van der Waals surface area contributed by atoms with Crippen molar-refractivity contribution in [2.75, 3.05) is 4.31 Å². The molecule has 158 valence electrons. The molecule has 0 atom stereocenters. The van der Waals surface area contributed by atoms with Gasteiger partial charge in [0.15, 0.2) is 4.91 Å². The van der Waals surface area contributed by atoms with Crippen molar-refractivity contribution in [3.05, 3.63) is 111 Å². The third-order valence-corrected chi connectivity index (χ3v) is 7.13. The second kappa shape index (κ2) is 8.57. The fourth-order valence-electron chi connectivity index (χ4n) is 3.41. The lowest BCUT2D eigenvalue weighted by molar-refractivity contribution is 0.104. The van der Waals surface area contributed by atoms with E-state index in [1.165, 1.54) is 10.5 Å². The summed E-state index contributed by atoms with van der Waals surface area (Å²) in [6.45, 7) is 2.50. The Balaban J connectivity index is 1.68. The van der Waals surface area contributed by atoms with Gasteiger partial charge in [-0.15, -0.1) is 0 Å². The van der Waals surface area contributed by atoms with Crippen LogP contribution in [0.3, 0.4) is 0 Å². The highest BCUT2D eigenvalue weighted by molar-refractivity contribution is 7.97. The number of nitrogens with one attached hydrogen (secondary N) is 1. The van der Waals surface area contributed by atoms with Crippen molar-refractivity contribution in [1.29, 1.82) is 0 Å². The van der Waals surface area contributed by atoms with E-state index < -0.39 is 15.8 Å². The first-order valence-corrected chi connectivity index (χ1v) is 11.6. The van der Waals surface area contributed by atoms with Gasteiger partial charge in [-0.1, -0.05) is 65.7 Å². The van der Waals surface area contributed by atoms with E-state index in [1.54, 1.807) is 48.5 Å². The summed E-state index contributed by atoms with van der Waals surface area (Å²) in [5.74, 6) is -0.514. The van der Waals surface area contributed by atoms with E-state index in [9.17, 15) is 13.2 Å². The minimum Gasteiger partial charge on any atom is -0.386 e. The molecule has 0 unspecified atom stereocenters. The Morgan fingerprint density at radius 2 is 1.58 bits per heavy atom. The summed E-state index contributed by atoms with van der Waals surface area (Å²) in [5, 5.41) is 3.56. The average Bonchev–Trinajstić information content (AvgIpc) is 2.76. The molecule has 3 aromatic rings. The first-order valence-electron chi connectivity index (χ1n) is 9.76. The average molecular weight is 453 g/mol. The van der Waals surface area contributed by atoms with Gasteiger partial charge in [0, 0.05) is 23.3 Å². The number of para-hydroxylation sites is 1. The molecular formula is C24H21ClN2O3S. The van der Waals surface area contributed by atoms with Crippen LogP contribution in [0.4, 0.5) is 5.69 Å². The summed E-state index contributed by atoms with van der Waals surface area (Å²) < 4.78 is 28.1. The maximum atomic E-state index is 13.4. The maximum Gasteiger partial charge on any atom is 0.270 e. The Bertz CT molecular complexity index is 1250. The Morgan fingerprint density at radius 1 is 0.935 bits per heavy atom. The molecule has 5 nitrogen and oxygen atoms in total. The molecule has 0 aliphatic carbocycles. The minimum atomic E-state index is -4.05. The van der Waals surface area contributed by atoms with Crippen molar-refractivity contribution in [3.8, 4) is 0 Å². The SMILES string of the molecule is Cc1ccc(CN/C=C2\C(=O)c3ccccc3N(Cc3ccc(Cl)cc3)S2(=O)=O)cc1. The highest BCUT2D eigenvalue weighted by Crippen LogP contribution is 2.36. The third kappa shape index (κ3) is 4.36. The van der Waals surface area contributed by atoms with E-state index in [0.29, 0.717) is 22.8 Å². The molecule has 7 heteroatoms. The fourth-order valence-corrected chi connectivity index (χ4v) is 5.09. The lowest BCUT2D eigenvalue weighted by Crippen LogP contribution is -2.39. The monoisotopic (exact) mass is 452 g/mol. The molecule has 31 heavy (non-hydrogen) atoms. The molecule has 0 bridgehead atoms. The van der Waals surface area contributed by atoms with E-state index in [4.69, 9.17) is 11.6 Å². The van der Waals surface area contributed by atoms with Crippen molar-refractivity contribution >= 4 is 33.1 Å². The van der Waals surface area contributed by atoms with Crippen molar-refractivity contribution < 1.29 is 13.2 Å². The molecule has 0 saturated heterocycles. The molecular weight excluding hydrogens is 432 g/mol. The Kier molecular flexibility index (Phi) is 5.85. The van der Waals surface area contributed by atoms with Crippen molar-refractivity contribution in [2.45, 2.75) is 20.0 Å². The molecule has 0 amide bonds. The number of nitrogens with zero attached hydrogens (tertiary/aromatic N) is 1. The summed E-state index contributed by atoms with van der Waals surface area (Å²) >= 11 is 5.96. The van der Waals surface area contributed by atoms with Gasteiger partial charge in [0.05, 0.1) is 12.2 Å². The van der Waals surface area contributed by atoms with Crippen LogP contribution in [0.5, 0.6) is 0 Å².